The molecule has 0 saturated carbocycles. The summed E-state index contributed by atoms with van der Waals surface area (Å²) in [5.74, 6) is -1.19. The molecule has 2 atom stereocenters. The van der Waals surface area contributed by atoms with Gasteiger partial charge in [0.05, 0.1) is 6.04 Å². The number of carbonyl (C=O) groups is 3. The van der Waals surface area contributed by atoms with Crippen LogP contribution in [0.15, 0.2) is 54.6 Å². The van der Waals surface area contributed by atoms with Gasteiger partial charge in [0.15, 0.2) is 0 Å². The monoisotopic (exact) mass is 381 g/mol. The smallest absolute Gasteiger partial charge is 0.240 e. The van der Waals surface area contributed by atoms with Crippen LogP contribution in [0.5, 0.6) is 0 Å². The summed E-state index contributed by atoms with van der Waals surface area (Å²) in [7, 11) is 0. The van der Waals surface area contributed by atoms with Gasteiger partial charge in [-0.05, 0) is 30.5 Å². The molecule has 4 N–H and O–H groups in total. The van der Waals surface area contributed by atoms with Crippen molar-refractivity contribution in [1.82, 2.24) is 10.6 Å². The molecule has 6 nitrogen and oxygen atoms in total. The zero-order valence-corrected chi connectivity index (χ0v) is 16.3. The van der Waals surface area contributed by atoms with Gasteiger partial charge in [-0.15, -0.1) is 0 Å². The van der Waals surface area contributed by atoms with E-state index in [2.05, 4.69) is 10.6 Å². The van der Waals surface area contributed by atoms with Crippen molar-refractivity contribution < 1.29 is 14.4 Å². The first-order chi connectivity index (χ1) is 13.4. The number of aryl methyl sites for hydroxylation is 1. The Morgan fingerprint density at radius 1 is 0.893 bits per heavy atom. The number of hydrogen-bond acceptors (Lipinski definition) is 3. The third-order valence-electron chi connectivity index (χ3n) is 4.62. The van der Waals surface area contributed by atoms with Crippen LogP contribution in [0.3, 0.4) is 0 Å². The molecule has 2 aromatic rings. The second-order valence-electron chi connectivity index (χ2n) is 6.85. The molecule has 0 heterocycles. The molecular weight excluding hydrogens is 354 g/mol. The summed E-state index contributed by atoms with van der Waals surface area (Å²) in [6, 6.07) is 16.3. The van der Waals surface area contributed by atoms with Crippen LogP contribution < -0.4 is 16.4 Å². The van der Waals surface area contributed by atoms with Gasteiger partial charge in [0.2, 0.25) is 17.7 Å². The van der Waals surface area contributed by atoms with Crippen molar-refractivity contribution in [3.63, 3.8) is 0 Å². The van der Waals surface area contributed by atoms with E-state index >= 15 is 0 Å². The minimum absolute atomic E-state index is 0.00903. The van der Waals surface area contributed by atoms with Crippen LogP contribution >= 0.6 is 0 Å². The first-order valence-electron chi connectivity index (χ1n) is 9.34. The maximum Gasteiger partial charge on any atom is 0.240 e. The van der Waals surface area contributed by atoms with E-state index in [4.69, 9.17) is 5.73 Å². The van der Waals surface area contributed by atoms with Crippen molar-refractivity contribution in [3.05, 3.63) is 71.3 Å². The fourth-order valence-electron chi connectivity index (χ4n) is 2.91. The van der Waals surface area contributed by atoms with Gasteiger partial charge in [0.25, 0.3) is 0 Å². The molecular formula is C22H27N3O3. The van der Waals surface area contributed by atoms with E-state index in [1.807, 2.05) is 68.4 Å². The quantitative estimate of drug-likeness (QED) is 0.620. The third-order valence-corrected chi connectivity index (χ3v) is 4.62. The van der Waals surface area contributed by atoms with Gasteiger partial charge in [-0.2, -0.15) is 0 Å². The van der Waals surface area contributed by atoms with E-state index in [1.165, 1.54) is 0 Å². The fourth-order valence-corrected chi connectivity index (χ4v) is 2.91. The Kier molecular flexibility index (Phi) is 7.75. The van der Waals surface area contributed by atoms with E-state index in [-0.39, 0.29) is 30.7 Å². The van der Waals surface area contributed by atoms with Crippen molar-refractivity contribution in [3.8, 4) is 0 Å². The van der Waals surface area contributed by atoms with Gasteiger partial charge in [-0.1, -0.05) is 54.6 Å². The lowest BCUT2D eigenvalue weighted by Crippen LogP contribution is -2.46. The maximum atomic E-state index is 12.2. The van der Waals surface area contributed by atoms with Crippen LogP contribution in [-0.2, 0) is 20.8 Å². The lowest BCUT2D eigenvalue weighted by Gasteiger charge is -2.17. The standard InChI is InChI=1S/C22H27N3O3/c1-15-8-6-7-11-18(15)14-19(22(23)28)25-21(27)13-12-20(26)24-16(2)17-9-4-3-5-10-17/h3-11,16,19H,12-14H2,1-2H3,(H2,23,28)(H,24,26)(H,25,27)/t16-,19+/m1/s1. The van der Waals surface area contributed by atoms with Crippen LogP contribution in [0.25, 0.3) is 0 Å². The predicted molar refractivity (Wildman–Crippen MR) is 108 cm³/mol. The number of hydrogen-bond donors (Lipinski definition) is 3. The minimum Gasteiger partial charge on any atom is -0.368 e. The minimum atomic E-state index is -0.806. The summed E-state index contributed by atoms with van der Waals surface area (Å²) >= 11 is 0. The number of rotatable bonds is 9. The Bertz CT molecular complexity index is 821. The maximum absolute atomic E-state index is 12.2. The number of nitrogens with one attached hydrogen (secondary N) is 2. The normalized spacial score (nSPS) is 12.6. The third kappa shape index (κ3) is 6.54. The lowest BCUT2D eigenvalue weighted by molar-refractivity contribution is -0.129. The van der Waals surface area contributed by atoms with E-state index in [1.54, 1.807) is 0 Å². The molecule has 0 aromatic heterocycles. The van der Waals surface area contributed by atoms with Crippen molar-refractivity contribution in [2.24, 2.45) is 5.73 Å². The van der Waals surface area contributed by atoms with Gasteiger partial charge >= 0.3 is 0 Å². The fraction of sp³-hybridized carbons (Fsp3) is 0.318. The number of primary amides is 1. The largest absolute Gasteiger partial charge is 0.368 e. The van der Waals surface area contributed by atoms with E-state index < -0.39 is 11.9 Å². The molecule has 0 saturated heterocycles. The molecule has 28 heavy (non-hydrogen) atoms. The zero-order valence-electron chi connectivity index (χ0n) is 16.3. The number of benzene rings is 2. The Morgan fingerprint density at radius 2 is 1.46 bits per heavy atom. The van der Waals surface area contributed by atoms with Crippen molar-refractivity contribution in [2.45, 2.75) is 45.2 Å². The molecule has 0 aliphatic heterocycles. The molecule has 6 heteroatoms. The van der Waals surface area contributed by atoms with Crippen LogP contribution in [0.1, 0.15) is 42.5 Å². The SMILES string of the molecule is Cc1ccccc1C[C@H](NC(=O)CCC(=O)N[C@H](C)c1ccccc1)C(N)=O. The van der Waals surface area contributed by atoms with Crippen LogP contribution in [0.4, 0.5) is 0 Å². The molecule has 0 radical (unpaired) electrons. The van der Waals surface area contributed by atoms with Crippen LogP contribution in [-0.4, -0.2) is 23.8 Å². The van der Waals surface area contributed by atoms with Crippen LogP contribution in [0, 0.1) is 6.92 Å². The molecule has 2 rings (SSSR count). The summed E-state index contributed by atoms with van der Waals surface area (Å²) in [4.78, 5) is 36.0. The molecule has 0 aliphatic carbocycles. The predicted octanol–water partition coefficient (Wildman–Crippen LogP) is 2.17. The molecule has 0 aliphatic rings. The lowest BCUT2D eigenvalue weighted by atomic mass is 10.0. The number of nitrogens with two attached hydrogens (primary N) is 1. The molecule has 0 bridgehead atoms. The van der Waals surface area contributed by atoms with Gasteiger partial charge in [0.1, 0.15) is 6.04 Å². The van der Waals surface area contributed by atoms with Crippen LogP contribution in [0.2, 0.25) is 0 Å². The molecule has 0 fully saturated rings. The second kappa shape index (κ2) is 10.3. The summed E-state index contributed by atoms with van der Waals surface area (Å²) in [5.41, 5.74) is 8.40. The average molecular weight is 381 g/mol. The molecule has 0 spiro atoms. The second-order valence-corrected chi connectivity index (χ2v) is 6.85. The van der Waals surface area contributed by atoms with Crippen molar-refractivity contribution >= 4 is 17.7 Å². The Balaban J connectivity index is 1.83. The first-order valence-corrected chi connectivity index (χ1v) is 9.34. The Hall–Kier alpha value is -3.15. The van der Waals surface area contributed by atoms with Gasteiger partial charge in [0, 0.05) is 19.3 Å². The first kappa shape index (κ1) is 21.2. The highest BCUT2D eigenvalue weighted by atomic mass is 16.2. The summed E-state index contributed by atoms with van der Waals surface area (Å²) in [5, 5.41) is 5.50. The van der Waals surface area contributed by atoms with Gasteiger partial charge in [-0.25, -0.2) is 0 Å². The Morgan fingerprint density at radius 3 is 2.07 bits per heavy atom. The zero-order chi connectivity index (χ0) is 20.5. The topological polar surface area (TPSA) is 101 Å². The molecule has 2 aromatic carbocycles. The highest BCUT2D eigenvalue weighted by Crippen LogP contribution is 2.12. The summed E-state index contributed by atoms with van der Waals surface area (Å²) < 4.78 is 0. The van der Waals surface area contributed by atoms with Gasteiger partial charge < -0.3 is 16.4 Å². The molecule has 148 valence electrons. The van der Waals surface area contributed by atoms with Crippen molar-refractivity contribution in [1.29, 1.82) is 0 Å². The Labute approximate surface area is 165 Å². The van der Waals surface area contributed by atoms with E-state index in [9.17, 15) is 14.4 Å². The highest BCUT2D eigenvalue weighted by molar-refractivity contribution is 5.88. The van der Waals surface area contributed by atoms with Crippen molar-refractivity contribution in [2.75, 3.05) is 0 Å². The summed E-state index contributed by atoms with van der Waals surface area (Å²) in [6.07, 6.45) is 0.356. The van der Waals surface area contributed by atoms with E-state index in [0.717, 1.165) is 16.7 Å². The number of amides is 3. The average Bonchev–Trinajstić information content (AvgIpc) is 2.68. The summed E-state index contributed by atoms with van der Waals surface area (Å²) in [6.45, 7) is 3.83. The molecule has 3 amide bonds. The highest BCUT2D eigenvalue weighted by Gasteiger charge is 2.20. The van der Waals surface area contributed by atoms with E-state index in [0.29, 0.717) is 6.42 Å². The van der Waals surface area contributed by atoms with Gasteiger partial charge in [-0.3, -0.25) is 14.4 Å². The molecule has 0 unspecified atom stereocenters. The number of carbonyl (C=O) groups excluding carboxylic acids is 3.